The molecule has 124 valence electrons. The van der Waals surface area contributed by atoms with Crippen LogP contribution in [0.5, 0.6) is 0 Å². The van der Waals surface area contributed by atoms with Crippen molar-refractivity contribution in [2.45, 2.75) is 89.9 Å². The maximum Gasteiger partial charge on any atom is 1.00 e. The fourth-order valence-corrected chi connectivity index (χ4v) is 2.12. The van der Waals surface area contributed by atoms with Gasteiger partial charge in [0.25, 0.3) is 10.1 Å². The van der Waals surface area contributed by atoms with Gasteiger partial charge < -0.3 is 12.7 Å². The van der Waals surface area contributed by atoms with Crippen LogP contribution in [0.2, 0.25) is 0 Å². The smallest absolute Gasteiger partial charge is 0.343 e. The van der Waals surface area contributed by atoms with Gasteiger partial charge in [0.2, 0.25) is 0 Å². The summed E-state index contributed by atoms with van der Waals surface area (Å²) >= 11 is 0. The van der Waals surface area contributed by atoms with Crippen molar-refractivity contribution in [1.29, 1.82) is 0 Å². The van der Waals surface area contributed by atoms with Crippen LogP contribution in [-0.2, 0) is 10.1 Å². The molecule has 0 aromatic heterocycles. The van der Waals surface area contributed by atoms with Gasteiger partial charge >= 0.3 is 29.6 Å². The fraction of sp³-hybridized carbons (Fsp3) is 0.933. The van der Waals surface area contributed by atoms with Crippen LogP contribution >= 0.6 is 0 Å². The minimum atomic E-state index is -3.98. The summed E-state index contributed by atoms with van der Waals surface area (Å²) in [7, 11) is -3.98. The predicted octanol–water partition coefficient (Wildman–Crippen LogP) is 1.31. The van der Waals surface area contributed by atoms with E-state index >= 15 is 0 Å². The monoisotopic (exact) mass is 331 g/mol. The zero-order valence-electron chi connectivity index (χ0n) is 14.3. The van der Waals surface area contributed by atoms with Gasteiger partial charge in [-0.25, -0.2) is 0 Å². The predicted molar refractivity (Wildman–Crippen MR) is 87.0 cm³/mol. The second kappa shape index (κ2) is 18.9. The van der Waals surface area contributed by atoms with Crippen LogP contribution in [0, 0.1) is 6.92 Å². The molecule has 0 heterocycles. The second-order valence-corrected chi connectivity index (χ2v) is 6.78. The Morgan fingerprint density at radius 2 is 1.33 bits per heavy atom. The Bertz CT molecular complexity index is 275. The third-order valence-corrected chi connectivity index (χ3v) is 4.24. The molecular weight excluding hydrogens is 297 g/mol. The van der Waals surface area contributed by atoms with E-state index in [2.05, 4.69) is 13.8 Å². The largest absolute Gasteiger partial charge is 1.00 e. The van der Waals surface area contributed by atoms with Crippen molar-refractivity contribution >= 4 is 10.1 Å². The van der Waals surface area contributed by atoms with E-state index < -0.39 is 15.5 Å². The standard InChI is InChI=1S/C12H25.C3H9NO3S.Na/c1-3-5-7-9-11-12-10-8-6-4-2;1-2-3(4)8(5,6)7;/h1,3-12H2,2H3;3H,2,4H2,1H3,(H,5,6,7);/q-1;;+1. The first-order valence-electron chi connectivity index (χ1n) is 7.91. The maximum absolute atomic E-state index is 9.99. The number of rotatable bonds is 11. The minimum absolute atomic E-state index is 0. The van der Waals surface area contributed by atoms with Gasteiger partial charge in [0.15, 0.2) is 0 Å². The minimum Gasteiger partial charge on any atom is -0.343 e. The maximum atomic E-state index is 9.99. The normalized spacial score (nSPS) is 12.0. The Morgan fingerprint density at radius 1 is 0.952 bits per heavy atom. The molecular formula is C15H34NNaO3S. The Balaban J connectivity index is -0.000000317. The Morgan fingerprint density at radius 3 is 1.57 bits per heavy atom. The van der Waals surface area contributed by atoms with Crippen LogP contribution < -0.4 is 35.3 Å². The molecule has 1 atom stereocenters. The number of unbranched alkanes of at least 4 members (excludes halogenated alkanes) is 9. The SMILES string of the molecule is CCC(N)S(=O)(=O)O.[CH2-]CCCCCCCCCCC.[Na+]. The van der Waals surface area contributed by atoms with E-state index in [4.69, 9.17) is 10.3 Å². The molecule has 0 fully saturated rings. The molecule has 21 heavy (non-hydrogen) atoms. The summed E-state index contributed by atoms with van der Waals surface area (Å²) < 4.78 is 28.1. The van der Waals surface area contributed by atoms with Gasteiger partial charge in [0.1, 0.15) is 5.37 Å². The molecule has 0 saturated carbocycles. The molecule has 0 rings (SSSR count). The topological polar surface area (TPSA) is 80.4 Å². The van der Waals surface area contributed by atoms with E-state index in [-0.39, 0.29) is 36.0 Å². The first-order valence-corrected chi connectivity index (χ1v) is 9.41. The molecule has 0 aliphatic heterocycles. The molecule has 0 amide bonds. The van der Waals surface area contributed by atoms with E-state index in [1.54, 1.807) is 6.92 Å². The molecule has 0 radical (unpaired) electrons. The van der Waals surface area contributed by atoms with E-state index in [9.17, 15) is 8.42 Å². The quantitative estimate of drug-likeness (QED) is 0.259. The number of hydrogen-bond donors (Lipinski definition) is 2. The van der Waals surface area contributed by atoms with E-state index in [1.165, 1.54) is 57.8 Å². The van der Waals surface area contributed by atoms with Gasteiger partial charge in [-0.1, -0.05) is 71.6 Å². The number of hydrogen-bond acceptors (Lipinski definition) is 3. The zero-order valence-corrected chi connectivity index (χ0v) is 17.1. The molecule has 3 N–H and O–H groups in total. The fourth-order valence-electron chi connectivity index (χ4n) is 1.70. The van der Waals surface area contributed by atoms with E-state index in [0.29, 0.717) is 0 Å². The first kappa shape index (κ1) is 26.8. The van der Waals surface area contributed by atoms with Crippen molar-refractivity contribution in [3.63, 3.8) is 0 Å². The summed E-state index contributed by atoms with van der Waals surface area (Å²) in [5.74, 6) is 0. The van der Waals surface area contributed by atoms with Crippen LogP contribution in [0.1, 0.15) is 84.5 Å². The van der Waals surface area contributed by atoms with Crippen molar-refractivity contribution in [2.24, 2.45) is 5.73 Å². The molecule has 4 nitrogen and oxygen atoms in total. The van der Waals surface area contributed by atoms with Crippen LogP contribution in [-0.4, -0.2) is 18.3 Å². The van der Waals surface area contributed by atoms with Gasteiger partial charge in [-0.2, -0.15) is 14.8 Å². The molecule has 0 bridgehead atoms. The van der Waals surface area contributed by atoms with Gasteiger partial charge in [-0.15, -0.1) is 0 Å². The van der Waals surface area contributed by atoms with Gasteiger partial charge in [0.05, 0.1) is 0 Å². The molecule has 0 aliphatic rings. The molecule has 0 aromatic rings. The van der Waals surface area contributed by atoms with Crippen molar-refractivity contribution in [1.82, 2.24) is 0 Å². The van der Waals surface area contributed by atoms with E-state index in [1.807, 2.05) is 0 Å². The molecule has 1 unspecified atom stereocenters. The van der Waals surface area contributed by atoms with Crippen LogP contribution in [0.15, 0.2) is 0 Å². The summed E-state index contributed by atoms with van der Waals surface area (Å²) in [5, 5.41) is -1.12. The van der Waals surface area contributed by atoms with E-state index in [0.717, 1.165) is 6.42 Å². The first-order chi connectivity index (χ1) is 9.40. The molecule has 0 spiro atoms. The number of nitrogens with two attached hydrogens (primary N) is 1. The summed E-state index contributed by atoms with van der Waals surface area (Å²) in [6.07, 6.45) is 14.1. The second-order valence-electron chi connectivity index (χ2n) is 5.14. The van der Waals surface area contributed by atoms with Crippen LogP contribution in [0.4, 0.5) is 0 Å². The van der Waals surface area contributed by atoms with Crippen LogP contribution in [0.3, 0.4) is 0 Å². The average Bonchev–Trinajstić information content (AvgIpc) is 2.40. The van der Waals surface area contributed by atoms with Crippen molar-refractivity contribution in [2.75, 3.05) is 0 Å². The Hall–Kier alpha value is 0.870. The summed E-state index contributed by atoms with van der Waals surface area (Å²) in [4.78, 5) is 0. The zero-order chi connectivity index (χ0) is 15.9. The third-order valence-electron chi connectivity index (χ3n) is 3.14. The van der Waals surface area contributed by atoms with Gasteiger partial charge in [0, 0.05) is 0 Å². The average molecular weight is 331 g/mol. The van der Waals surface area contributed by atoms with Gasteiger partial charge in [-0.3, -0.25) is 4.55 Å². The summed E-state index contributed by atoms with van der Waals surface area (Å²) in [6.45, 7) is 7.70. The van der Waals surface area contributed by atoms with Crippen molar-refractivity contribution < 1.29 is 42.5 Å². The molecule has 0 aliphatic carbocycles. The molecule has 0 saturated heterocycles. The summed E-state index contributed by atoms with van der Waals surface area (Å²) in [5.41, 5.74) is 4.91. The summed E-state index contributed by atoms with van der Waals surface area (Å²) in [6, 6.07) is 0. The van der Waals surface area contributed by atoms with Crippen molar-refractivity contribution in [3.8, 4) is 0 Å². The van der Waals surface area contributed by atoms with Gasteiger partial charge in [-0.05, 0) is 6.42 Å². The molecule has 0 aromatic carbocycles. The van der Waals surface area contributed by atoms with Crippen molar-refractivity contribution in [3.05, 3.63) is 6.92 Å². The third kappa shape index (κ3) is 23.3. The molecule has 6 heteroatoms. The Labute approximate surface area is 154 Å². The Kier molecular flexibility index (Phi) is 24.1. The van der Waals surface area contributed by atoms with Crippen LogP contribution in [0.25, 0.3) is 0 Å².